The van der Waals surface area contributed by atoms with Crippen LogP contribution in [0.5, 0.6) is 11.5 Å². The Morgan fingerprint density at radius 3 is 2.66 bits per heavy atom. The van der Waals surface area contributed by atoms with E-state index in [9.17, 15) is 32.3 Å². The number of phenolic OH excluding ortho intramolecular Hbond substituents is 1. The molecule has 0 bridgehead atoms. The van der Waals surface area contributed by atoms with E-state index in [1.165, 1.54) is 25.3 Å². The monoisotopic (exact) mass is 551 g/mol. The first kappa shape index (κ1) is 28.9. The number of amides is 2. The Hall–Kier alpha value is -3.71. The summed E-state index contributed by atoms with van der Waals surface area (Å²) in [5.74, 6) is -2.60. The Morgan fingerprint density at radius 1 is 1.24 bits per heavy atom. The summed E-state index contributed by atoms with van der Waals surface area (Å²) in [5, 5.41) is 11.3. The van der Waals surface area contributed by atoms with Gasteiger partial charge in [-0.3, -0.25) is 14.3 Å². The summed E-state index contributed by atoms with van der Waals surface area (Å²) >= 11 is 0. The van der Waals surface area contributed by atoms with Crippen molar-refractivity contribution in [3.63, 3.8) is 0 Å². The van der Waals surface area contributed by atoms with E-state index in [1.807, 2.05) is 4.72 Å². The third kappa shape index (κ3) is 7.19. The van der Waals surface area contributed by atoms with Crippen molar-refractivity contribution in [1.82, 2.24) is 10.0 Å². The summed E-state index contributed by atoms with van der Waals surface area (Å²) < 4.78 is 50.6. The molecule has 2 amide bonds. The van der Waals surface area contributed by atoms with Gasteiger partial charge in [0.05, 0.1) is 26.2 Å². The molecule has 1 saturated heterocycles. The smallest absolute Gasteiger partial charge is 0.345 e. The van der Waals surface area contributed by atoms with Crippen LogP contribution < -0.4 is 20.5 Å². The lowest BCUT2D eigenvalue weighted by atomic mass is 10.0. The van der Waals surface area contributed by atoms with E-state index in [2.05, 4.69) is 10.1 Å². The van der Waals surface area contributed by atoms with E-state index in [0.29, 0.717) is 31.4 Å². The lowest BCUT2D eigenvalue weighted by Gasteiger charge is -2.14. The summed E-state index contributed by atoms with van der Waals surface area (Å²) in [6.07, 6.45) is 1.66. The van der Waals surface area contributed by atoms with Crippen LogP contribution in [0.25, 0.3) is 0 Å². The minimum absolute atomic E-state index is 0.0396. The average molecular weight is 552 g/mol. The number of ether oxygens (including phenoxy) is 2. The largest absolute Gasteiger partial charge is 0.507 e. The van der Waals surface area contributed by atoms with Crippen LogP contribution in [0.3, 0.4) is 0 Å². The van der Waals surface area contributed by atoms with Crippen LogP contribution in [0, 0.1) is 5.82 Å². The zero-order valence-electron chi connectivity index (χ0n) is 20.7. The van der Waals surface area contributed by atoms with Gasteiger partial charge in [0.1, 0.15) is 28.1 Å². The van der Waals surface area contributed by atoms with Crippen molar-refractivity contribution in [1.29, 1.82) is 0 Å². The van der Waals surface area contributed by atoms with Crippen LogP contribution in [0.4, 0.5) is 4.39 Å². The third-order valence-electron chi connectivity index (χ3n) is 5.98. The van der Waals surface area contributed by atoms with Crippen LogP contribution in [0.2, 0.25) is 0 Å². The van der Waals surface area contributed by atoms with Gasteiger partial charge in [-0.05, 0) is 49.4 Å². The summed E-state index contributed by atoms with van der Waals surface area (Å²) in [6.45, 7) is 0.648. The van der Waals surface area contributed by atoms with Crippen LogP contribution in [0.15, 0.2) is 36.4 Å². The van der Waals surface area contributed by atoms with Crippen LogP contribution in [-0.2, 0) is 30.8 Å². The van der Waals surface area contributed by atoms with Crippen molar-refractivity contribution in [3.05, 3.63) is 58.9 Å². The van der Waals surface area contributed by atoms with E-state index in [0.717, 1.165) is 6.07 Å². The number of methoxy groups -OCH3 is 1. The number of sulfonamides is 1. The van der Waals surface area contributed by atoms with Crippen molar-refractivity contribution in [2.45, 2.75) is 43.4 Å². The molecule has 0 aliphatic carbocycles. The first-order valence-corrected chi connectivity index (χ1v) is 13.5. The Kier molecular flexibility index (Phi) is 9.64. The van der Waals surface area contributed by atoms with E-state index in [-0.39, 0.29) is 42.1 Å². The number of nitrogens with two attached hydrogens (primary N) is 1. The molecule has 206 valence electrons. The normalized spacial score (nSPS) is 16.9. The van der Waals surface area contributed by atoms with Gasteiger partial charge in [0.25, 0.3) is 0 Å². The predicted molar refractivity (Wildman–Crippen MR) is 134 cm³/mol. The van der Waals surface area contributed by atoms with Gasteiger partial charge in [0, 0.05) is 12.1 Å². The molecule has 11 nitrogen and oxygen atoms in total. The van der Waals surface area contributed by atoms with Crippen LogP contribution in [0.1, 0.15) is 52.4 Å². The molecular weight excluding hydrogens is 521 g/mol. The fraction of sp³-hybridized carbons (Fsp3) is 0.400. The fourth-order valence-corrected chi connectivity index (χ4v) is 5.45. The summed E-state index contributed by atoms with van der Waals surface area (Å²) in [5.41, 5.74) is 6.21. The average Bonchev–Trinajstić information content (AvgIpc) is 3.14. The van der Waals surface area contributed by atoms with E-state index < -0.39 is 44.9 Å². The molecule has 1 unspecified atom stereocenters. The van der Waals surface area contributed by atoms with Crippen molar-refractivity contribution >= 4 is 27.8 Å². The van der Waals surface area contributed by atoms with E-state index in [4.69, 9.17) is 10.5 Å². The maximum atomic E-state index is 14.6. The Balaban J connectivity index is 1.39. The van der Waals surface area contributed by atoms with Gasteiger partial charge in [-0.25, -0.2) is 17.6 Å². The highest BCUT2D eigenvalue weighted by molar-refractivity contribution is 7.90. The number of nitrogens with one attached hydrogen (secondary N) is 2. The number of unbranched alkanes of at least 4 members (excludes halogenated alkanes) is 2. The highest BCUT2D eigenvalue weighted by Gasteiger charge is 2.39. The molecule has 1 aliphatic rings. The highest BCUT2D eigenvalue weighted by Crippen LogP contribution is 2.32. The standard InChI is InChI=1S/C25H30FN3O8S/c1-36-25(33)23-19(30)6-5-7-20(23)37-11-4-2-3-10-28-24(32)18(27)13-15-8-9-16(17(26)12-15)21-14-22(31)29-38(21,34)35/h5-9,12,18,21,30H,2-4,10-11,13-14,27H2,1H3,(H,28,32)(H,29,31)/t18-,21?/m0/s1. The molecule has 2 aromatic rings. The van der Waals surface area contributed by atoms with Crippen molar-refractivity contribution in [3.8, 4) is 11.5 Å². The molecular formula is C25H30FN3O8S. The Labute approximate surface area is 219 Å². The number of hydrogen-bond acceptors (Lipinski definition) is 9. The zero-order chi connectivity index (χ0) is 27.9. The van der Waals surface area contributed by atoms with Crippen molar-refractivity contribution < 1.29 is 41.8 Å². The number of esters is 1. The zero-order valence-corrected chi connectivity index (χ0v) is 21.6. The topological polar surface area (TPSA) is 174 Å². The molecule has 2 atom stereocenters. The lowest BCUT2D eigenvalue weighted by molar-refractivity contribution is -0.122. The van der Waals surface area contributed by atoms with E-state index in [1.54, 1.807) is 12.1 Å². The molecule has 38 heavy (non-hydrogen) atoms. The minimum Gasteiger partial charge on any atom is -0.507 e. The molecule has 1 fully saturated rings. The highest BCUT2D eigenvalue weighted by atomic mass is 32.2. The summed E-state index contributed by atoms with van der Waals surface area (Å²) in [6, 6.07) is 7.44. The fourth-order valence-electron chi connectivity index (χ4n) is 4.01. The van der Waals surface area contributed by atoms with Gasteiger partial charge in [-0.15, -0.1) is 0 Å². The SMILES string of the molecule is COC(=O)c1c(O)cccc1OCCCCCNC(=O)[C@@H](N)Cc1ccc(C2CC(=O)NS2(=O)=O)c(F)c1. The van der Waals surface area contributed by atoms with Crippen LogP contribution in [-0.4, -0.2) is 57.6 Å². The van der Waals surface area contributed by atoms with Gasteiger partial charge in [0.15, 0.2) is 0 Å². The third-order valence-corrected chi connectivity index (χ3v) is 7.66. The maximum Gasteiger partial charge on any atom is 0.345 e. The number of carbonyl (C=O) groups excluding carboxylic acids is 3. The number of phenols is 1. The predicted octanol–water partition coefficient (Wildman–Crippen LogP) is 1.44. The first-order chi connectivity index (χ1) is 18.0. The van der Waals surface area contributed by atoms with Gasteiger partial charge < -0.3 is 25.6 Å². The number of halogens is 1. The molecule has 5 N–H and O–H groups in total. The van der Waals surface area contributed by atoms with Crippen LogP contribution >= 0.6 is 0 Å². The first-order valence-electron chi connectivity index (χ1n) is 11.9. The second-order valence-electron chi connectivity index (χ2n) is 8.77. The quantitative estimate of drug-likeness (QED) is 0.225. The molecule has 1 aliphatic heterocycles. The molecule has 2 aromatic carbocycles. The summed E-state index contributed by atoms with van der Waals surface area (Å²) in [7, 11) is -2.76. The van der Waals surface area contributed by atoms with Crippen molar-refractivity contribution in [2.24, 2.45) is 5.73 Å². The van der Waals surface area contributed by atoms with Gasteiger partial charge >= 0.3 is 5.97 Å². The second-order valence-corrected chi connectivity index (χ2v) is 10.6. The number of carbonyl (C=O) groups is 3. The molecule has 0 saturated carbocycles. The summed E-state index contributed by atoms with van der Waals surface area (Å²) in [4.78, 5) is 35.5. The number of benzene rings is 2. The minimum atomic E-state index is -3.97. The molecule has 0 spiro atoms. The maximum absolute atomic E-state index is 14.6. The van der Waals surface area contributed by atoms with Gasteiger partial charge in [0.2, 0.25) is 21.8 Å². The number of hydrogen-bond donors (Lipinski definition) is 4. The van der Waals surface area contributed by atoms with E-state index >= 15 is 0 Å². The van der Waals surface area contributed by atoms with Gasteiger partial charge in [-0.1, -0.05) is 18.2 Å². The number of rotatable bonds is 12. The Bertz CT molecular complexity index is 1300. The molecule has 0 radical (unpaired) electrons. The number of aromatic hydroxyl groups is 1. The molecule has 13 heteroatoms. The second kappa shape index (κ2) is 12.7. The molecule has 3 rings (SSSR count). The lowest BCUT2D eigenvalue weighted by Crippen LogP contribution is -2.42. The van der Waals surface area contributed by atoms with Crippen molar-refractivity contribution in [2.75, 3.05) is 20.3 Å². The molecule has 0 aromatic heterocycles. The molecule has 1 heterocycles. The van der Waals surface area contributed by atoms with Gasteiger partial charge in [-0.2, -0.15) is 0 Å². The Morgan fingerprint density at radius 2 is 2.00 bits per heavy atom.